The molecule has 0 spiro atoms. The van der Waals surface area contributed by atoms with Crippen molar-refractivity contribution in [2.45, 2.75) is 44.8 Å². The molecule has 0 aromatic heterocycles. The Hall–Kier alpha value is -0.120. The predicted octanol–water partition coefficient (Wildman–Crippen LogP) is 1.22. The van der Waals surface area contributed by atoms with Gasteiger partial charge < -0.3 is 10.5 Å². The highest BCUT2D eigenvalue weighted by Crippen LogP contribution is 2.12. The van der Waals surface area contributed by atoms with Gasteiger partial charge in [-0.05, 0) is 12.8 Å². The molecule has 2 unspecified atom stereocenters. The Morgan fingerprint density at radius 3 is 2.93 bits per heavy atom. The number of likely N-dealkylation sites (tertiary alicyclic amines) is 1. The minimum absolute atomic E-state index is 0.352. The number of nitrogens with two attached hydrogens (primary N) is 1. The van der Waals surface area contributed by atoms with E-state index in [1.54, 1.807) is 7.11 Å². The van der Waals surface area contributed by atoms with Crippen LogP contribution in [0, 0.1) is 0 Å². The zero-order valence-electron chi connectivity index (χ0n) is 9.54. The molecule has 0 aromatic rings. The number of nitrogens with zero attached hydrogens (tertiary/aromatic N) is 1. The third-order valence-electron chi connectivity index (χ3n) is 2.98. The van der Waals surface area contributed by atoms with Crippen LogP contribution < -0.4 is 5.73 Å². The van der Waals surface area contributed by atoms with Crippen molar-refractivity contribution in [1.82, 2.24) is 4.90 Å². The molecule has 3 heteroatoms. The van der Waals surface area contributed by atoms with Gasteiger partial charge in [-0.3, -0.25) is 4.90 Å². The van der Waals surface area contributed by atoms with E-state index in [1.807, 2.05) is 0 Å². The first-order valence-electron chi connectivity index (χ1n) is 5.77. The average Bonchev–Trinajstić information content (AvgIpc) is 2.62. The molecule has 1 rings (SSSR count). The first-order chi connectivity index (χ1) is 6.76. The molecule has 2 N–H and O–H groups in total. The number of rotatable bonds is 6. The van der Waals surface area contributed by atoms with Crippen LogP contribution in [0.2, 0.25) is 0 Å². The summed E-state index contributed by atoms with van der Waals surface area (Å²) in [5.74, 6) is 0. The van der Waals surface area contributed by atoms with Gasteiger partial charge in [0.2, 0.25) is 0 Å². The molecule has 1 saturated heterocycles. The zero-order valence-corrected chi connectivity index (χ0v) is 9.54. The highest BCUT2D eigenvalue weighted by molar-refractivity contribution is 4.78. The molecule has 1 heterocycles. The summed E-state index contributed by atoms with van der Waals surface area (Å²) in [5.41, 5.74) is 6.04. The van der Waals surface area contributed by atoms with Gasteiger partial charge in [-0.25, -0.2) is 0 Å². The first kappa shape index (κ1) is 12.0. The maximum atomic E-state index is 6.04. The zero-order chi connectivity index (χ0) is 10.4. The molecule has 0 aromatic carbocycles. The summed E-state index contributed by atoms with van der Waals surface area (Å²) < 4.78 is 5.32. The molecule has 1 fully saturated rings. The molecule has 2 atom stereocenters. The summed E-state index contributed by atoms with van der Waals surface area (Å²) in [7, 11) is 1.80. The van der Waals surface area contributed by atoms with Gasteiger partial charge in [0.15, 0.2) is 0 Å². The fraction of sp³-hybridized carbons (Fsp3) is 1.00. The largest absolute Gasteiger partial charge is 0.380 e. The quantitative estimate of drug-likeness (QED) is 0.701. The summed E-state index contributed by atoms with van der Waals surface area (Å²) in [4.78, 5) is 2.43. The summed E-state index contributed by atoms with van der Waals surface area (Å²) in [5, 5.41) is 0. The highest BCUT2D eigenvalue weighted by atomic mass is 16.5. The van der Waals surface area contributed by atoms with E-state index < -0.39 is 0 Å². The van der Waals surface area contributed by atoms with Crippen LogP contribution in [0.4, 0.5) is 0 Å². The Balaban J connectivity index is 2.12. The van der Waals surface area contributed by atoms with Crippen LogP contribution in [0.25, 0.3) is 0 Å². The van der Waals surface area contributed by atoms with Gasteiger partial charge in [0, 0.05) is 32.8 Å². The van der Waals surface area contributed by atoms with Crippen molar-refractivity contribution in [2.75, 3.05) is 26.7 Å². The van der Waals surface area contributed by atoms with Crippen LogP contribution in [0.5, 0.6) is 0 Å². The smallest absolute Gasteiger partial charge is 0.0710 e. The Bertz CT molecular complexity index is 152. The second kappa shape index (κ2) is 6.38. The van der Waals surface area contributed by atoms with Gasteiger partial charge in [-0.15, -0.1) is 0 Å². The molecule has 14 heavy (non-hydrogen) atoms. The third kappa shape index (κ3) is 3.95. The van der Waals surface area contributed by atoms with Crippen molar-refractivity contribution in [1.29, 1.82) is 0 Å². The minimum Gasteiger partial charge on any atom is -0.380 e. The standard InChI is InChI=1S/C11H24N2O/c1-3-4-5-10(12)8-13-7-6-11(9-13)14-2/h10-11H,3-9,12H2,1-2H3. The molecule has 0 saturated carbocycles. The molecule has 3 nitrogen and oxygen atoms in total. The Morgan fingerprint density at radius 2 is 2.36 bits per heavy atom. The number of unbranched alkanes of at least 4 members (excludes halogenated alkanes) is 1. The van der Waals surface area contributed by atoms with E-state index in [0.29, 0.717) is 12.1 Å². The highest BCUT2D eigenvalue weighted by Gasteiger charge is 2.22. The molecule has 1 aliphatic rings. The molecule has 0 aliphatic carbocycles. The number of hydrogen-bond donors (Lipinski definition) is 1. The maximum absolute atomic E-state index is 6.04. The SMILES string of the molecule is CCCCC(N)CN1CCC(OC)C1. The molecule has 0 amide bonds. The monoisotopic (exact) mass is 200 g/mol. The fourth-order valence-electron chi connectivity index (χ4n) is 2.04. The summed E-state index contributed by atoms with van der Waals surface area (Å²) >= 11 is 0. The van der Waals surface area contributed by atoms with Crippen LogP contribution in [0.3, 0.4) is 0 Å². The van der Waals surface area contributed by atoms with Gasteiger partial charge in [0.1, 0.15) is 0 Å². The molecule has 0 bridgehead atoms. The van der Waals surface area contributed by atoms with E-state index in [0.717, 1.165) is 32.5 Å². The van der Waals surface area contributed by atoms with Gasteiger partial charge in [0.05, 0.1) is 6.10 Å². The van der Waals surface area contributed by atoms with Crippen LogP contribution in [0.1, 0.15) is 32.6 Å². The van der Waals surface area contributed by atoms with Crippen LogP contribution in [0.15, 0.2) is 0 Å². The van der Waals surface area contributed by atoms with Gasteiger partial charge >= 0.3 is 0 Å². The number of ether oxygens (including phenoxy) is 1. The van der Waals surface area contributed by atoms with Gasteiger partial charge in [0.25, 0.3) is 0 Å². The van der Waals surface area contributed by atoms with E-state index in [4.69, 9.17) is 10.5 Å². The van der Waals surface area contributed by atoms with E-state index in [1.165, 1.54) is 12.8 Å². The van der Waals surface area contributed by atoms with E-state index in [-0.39, 0.29) is 0 Å². The minimum atomic E-state index is 0.352. The van der Waals surface area contributed by atoms with E-state index >= 15 is 0 Å². The maximum Gasteiger partial charge on any atom is 0.0710 e. The number of hydrogen-bond acceptors (Lipinski definition) is 3. The lowest BCUT2D eigenvalue weighted by molar-refractivity contribution is 0.107. The number of methoxy groups -OCH3 is 1. The third-order valence-corrected chi connectivity index (χ3v) is 2.98. The predicted molar refractivity (Wildman–Crippen MR) is 59.4 cm³/mol. The van der Waals surface area contributed by atoms with Crippen molar-refractivity contribution in [3.8, 4) is 0 Å². The van der Waals surface area contributed by atoms with E-state index in [9.17, 15) is 0 Å². The molecule has 84 valence electrons. The lowest BCUT2D eigenvalue weighted by atomic mass is 10.1. The van der Waals surface area contributed by atoms with Crippen LogP contribution in [-0.2, 0) is 4.74 Å². The first-order valence-corrected chi connectivity index (χ1v) is 5.77. The molecule has 1 aliphatic heterocycles. The van der Waals surface area contributed by atoms with E-state index in [2.05, 4.69) is 11.8 Å². The second-order valence-electron chi connectivity index (χ2n) is 4.31. The Labute approximate surface area is 87.6 Å². The van der Waals surface area contributed by atoms with Crippen molar-refractivity contribution in [3.63, 3.8) is 0 Å². The summed E-state index contributed by atoms with van der Waals surface area (Å²) in [6.07, 6.45) is 5.26. The summed E-state index contributed by atoms with van der Waals surface area (Å²) in [6, 6.07) is 0.352. The van der Waals surface area contributed by atoms with Crippen molar-refractivity contribution in [3.05, 3.63) is 0 Å². The van der Waals surface area contributed by atoms with Crippen LogP contribution >= 0.6 is 0 Å². The Kier molecular flexibility index (Phi) is 5.45. The van der Waals surface area contributed by atoms with Crippen molar-refractivity contribution >= 4 is 0 Å². The van der Waals surface area contributed by atoms with Crippen LogP contribution in [-0.4, -0.2) is 43.8 Å². The van der Waals surface area contributed by atoms with Gasteiger partial charge in [-0.2, -0.15) is 0 Å². The molecule has 0 radical (unpaired) electrons. The Morgan fingerprint density at radius 1 is 1.57 bits per heavy atom. The summed E-state index contributed by atoms with van der Waals surface area (Å²) in [6.45, 7) is 5.47. The molecular formula is C11H24N2O. The average molecular weight is 200 g/mol. The van der Waals surface area contributed by atoms with Gasteiger partial charge in [-0.1, -0.05) is 19.8 Å². The van der Waals surface area contributed by atoms with Crippen molar-refractivity contribution in [2.24, 2.45) is 5.73 Å². The molecular weight excluding hydrogens is 176 g/mol. The second-order valence-corrected chi connectivity index (χ2v) is 4.31. The normalized spacial score (nSPS) is 25.5. The fourth-order valence-corrected chi connectivity index (χ4v) is 2.04. The topological polar surface area (TPSA) is 38.5 Å². The lowest BCUT2D eigenvalue weighted by Gasteiger charge is -2.20. The van der Waals surface area contributed by atoms with Crippen molar-refractivity contribution < 1.29 is 4.74 Å². The lowest BCUT2D eigenvalue weighted by Crippen LogP contribution is -2.36.